The van der Waals surface area contributed by atoms with Crippen molar-refractivity contribution in [3.8, 4) is 22.1 Å². The number of amides is 1. The molecule has 3 N–H and O–H groups in total. The second-order valence-electron chi connectivity index (χ2n) is 8.63. The van der Waals surface area contributed by atoms with E-state index in [9.17, 15) is 23.2 Å². The lowest BCUT2D eigenvalue weighted by Crippen LogP contribution is -2.39. The van der Waals surface area contributed by atoms with Crippen molar-refractivity contribution >= 4 is 33.5 Å². The normalized spacial score (nSPS) is 11.1. The van der Waals surface area contributed by atoms with Crippen molar-refractivity contribution < 1.29 is 23.4 Å². The van der Waals surface area contributed by atoms with Crippen LogP contribution in [0.15, 0.2) is 58.3 Å². The molecule has 0 aliphatic heterocycles. The van der Waals surface area contributed by atoms with Crippen LogP contribution in [-0.2, 0) is 13.1 Å². The second-order valence-corrected chi connectivity index (χ2v) is 9.62. The summed E-state index contributed by atoms with van der Waals surface area (Å²) in [4.78, 5) is 43.6. The van der Waals surface area contributed by atoms with Gasteiger partial charge in [-0.05, 0) is 42.9 Å². The number of hydrogen-bond donors (Lipinski definition) is 3. The molecule has 4 aromatic heterocycles. The number of rotatable bonds is 8. The minimum Gasteiger partial charge on any atom is -0.480 e. The molecule has 0 bridgehead atoms. The SMILES string of the molecule is CNCc1c(-c2ccc(NC(=O)O)nc2)sc2c1c(=O)n(-c1ccc(OC)nn1)c(=O)n2Cc1c(F)cccc1F. The highest BCUT2D eigenvalue weighted by Crippen LogP contribution is 2.37. The van der Waals surface area contributed by atoms with Gasteiger partial charge in [-0.2, -0.15) is 0 Å². The number of ether oxygens (including phenoxy) is 1. The van der Waals surface area contributed by atoms with Crippen LogP contribution in [0.4, 0.5) is 19.4 Å². The molecule has 12 nitrogen and oxygen atoms in total. The Balaban J connectivity index is 1.82. The van der Waals surface area contributed by atoms with Crippen molar-refractivity contribution in [3.63, 3.8) is 0 Å². The average Bonchev–Trinajstić information content (AvgIpc) is 3.32. The minimum atomic E-state index is -1.28. The van der Waals surface area contributed by atoms with Crippen LogP contribution in [0.3, 0.4) is 0 Å². The van der Waals surface area contributed by atoms with Crippen LogP contribution in [0, 0.1) is 11.6 Å². The van der Waals surface area contributed by atoms with E-state index in [1.807, 2.05) is 0 Å². The van der Waals surface area contributed by atoms with Crippen LogP contribution >= 0.6 is 11.3 Å². The van der Waals surface area contributed by atoms with E-state index in [2.05, 4.69) is 25.8 Å². The molecule has 0 unspecified atom stereocenters. The summed E-state index contributed by atoms with van der Waals surface area (Å²) in [5.41, 5.74) is -0.931. The Labute approximate surface area is 233 Å². The third-order valence-electron chi connectivity index (χ3n) is 6.13. The number of nitrogens with zero attached hydrogens (tertiary/aromatic N) is 5. The largest absolute Gasteiger partial charge is 0.480 e. The number of nitrogens with one attached hydrogen (secondary N) is 2. The summed E-state index contributed by atoms with van der Waals surface area (Å²) < 4.78 is 36.4. The van der Waals surface area contributed by atoms with E-state index < -0.39 is 35.5 Å². The van der Waals surface area contributed by atoms with E-state index in [1.165, 1.54) is 37.6 Å². The summed E-state index contributed by atoms with van der Waals surface area (Å²) in [5.74, 6) is -1.59. The molecular weight excluding hydrogens is 560 g/mol. The maximum Gasteiger partial charge on any atom is 0.410 e. The van der Waals surface area contributed by atoms with Crippen LogP contribution in [-0.4, -0.2) is 49.7 Å². The summed E-state index contributed by atoms with van der Waals surface area (Å²) >= 11 is 1.06. The van der Waals surface area contributed by atoms with Crippen LogP contribution in [0.5, 0.6) is 5.88 Å². The minimum absolute atomic E-state index is 0.0879. The molecule has 0 atom stereocenters. The zero-order valence-electron chi connectivity index (χ0n) is 21.5. The smallest absolute Gasteiger partial charge is 0.410 e. The molecule has 0 spiro atoms. The molecule has 41 heavy (non-hydrogen) atoms. The summed E-state index contributed by atoms with van der Waals surface area (Å²) in [5, 5.41) is 22.1. The molecule has 1 amide bonds. The van der Waals surface area contributed by atoms with Crippen LogP contribution in [0.25, 0.3) is 26.5 Å². The fourth-order valence-corrected chi connectivity index (χ4v) is 5.58. The number of thiophene rings is 1. The topological polar surface area (TPSA) is 153 Å². The number of halogens is 2. The number of methoxy groups -OCH3 is 1. The van der Waals surface area contributed by atoms with Gasteiger partial charge >= 0.3 is 11.8 Å². The number of benzene rings is 1. The van der Waals surface area contributed by atoms with Crippen molar-refractivity contribution in [3.05, 3.63) is 92.3 Å². The summed E-state index contributed by atoms with van der Waals surface area (Å²) in [6.45, 7) is -0.337. The number of pyridine rings is 1. The first-order valence-corrected chi connectivity index (χ1v) is 12.8. The molecule has 4 heterocycles. The predicted octanol–water partition coefficient (Wildman–Crippen LogP) is 3.21. The van der Waals surface area contributed by atoms with Crippen LogP contribution in [0.1, 0.15) is 11.1 Å². The summed E-state index contributed by atoms with van der Waals surface area (Å²) in [7, 11) is 3.05. The lowest BCUT2D eigenvalue weighted by molar-refractivity contribution is 0.209. The third kappa shape index (κ3) is 5.15. The first-order valence-electron chi connectivity index (χ1n) is 12.0. The Morgan fingerprint density at radius 1 is 1.07 bits per heavy atom. The number of fused-ring (bicyclic) bond motifs is 1. The Hall–Kier alpha value is -5.02. The first kappa shape index (κ1) is 27.5. The van der Waals surface area contributed by atoms with Gasteiger partial charge in [-0.15, -0.1) is 21.5 Å². The average molecular weight is 582 g/mol. The fourth-order valence-electron chi connectivity index (χ4n) is 4.28. The standard InChI is InChI=1S/C26H21F2N7O5S/c1-29-11-14-21-23(36)35(19-8-9-20(40-2)33-32-19)26(39)34(12-15-16(27)4-3-5-17(15)28)24(21)41-22(14)13-6-7-18(30-10-13)31-25(37)38/h3-10,29H,11-12H2,1-2H3,(H,30,31)(H,37,38). The summed E-state index contributed by atoms with van der Waals surface area (Å²) in [6, 6.07) is 9.22. The van der Waals surface area contributed by atoms with Crippen molar-refractivity contribution in [2.24, 2.45) is 0 Å². The Morgan fingerprint density at radius 3 is 2.41 bits per heavy atom. The highest BCUT2D eigenvalue weighted by atomic mass is 32.1. The van der Waals surface area contributed by atoms with Crippen LogP contribution in [0.2, 0.25) is 0 Å². The van der Waals surface area contributed by atoms with Gasteiger partial charge < -0.3 is 15.2 Å². The van der Waals surface area contributed by atoms with E-state index >= 15 is 0 Å². The van der Waals surface area contributed by atoms with Gasteiger partial charge in [0.15, 0.2) is 5.82 Å². The molecule has 5 aromatic rings. The molecule has 0 radical (unpaired) electrons. The molecule has 210 valence electrons. The second kappa shape index (κ2) is 11.2. The monoisotopic (exact) mass is 581 g/mol. The highest BCUT2D eigenvalue weighted by Gasteiger charge is 2.25. The van der Waals surface area contributed by atoms with E-state index in [-0.39, 0.29) is 39.8 Å². The molecule has 15 heteroatoms. The maximum atomic E-state index is 14.7. The molecular formula is C26H21F2N7O5S. The van der Waals surface area contributed by atoms with Crippen molar-refractivity contribution in [1.29, 1.82) is 0 Å². The Morgan fingerprint density at radius 2 is 1.83 bits per heavy atom. The highest BCUT2D eigenvalue weighted by molar-refractivity contribution is 7.22. The van der Waals surface area contributed by atoms with Gasteiger partial charge in [-0.1, -0.05) is 6.07 Å². The zero-order chi connectivity index (χ0) is 29.3. The molecule has 5 rings (SSSR count). The van der Waals surface area contributed by atoms with Gasteiger partial charge in [-0.25, -0.2) is 27.9 Å². The number of anilines is 1. The van der Waals surface area contributed by atoms with Gasteiger partial charge in [-0.3, -0.25) is 14.7 Å². The number of aromatic nitrogens is 5. The maximum absolute atomic E-state index is 14.7. The quantitative estimate of drug-likeness (QED) is 0.251. The van der Waals surface area contributed by atoms with E-state index in [4.69, 9.17) is 9.84 Å². The van der Waals surface area contributed by atoms with Gasteiger partial charge in [0.25, 0.3) is 5.56 Å². The van der Waals surface area contributed by atoms with E-state index in [0.29, 0.717) is 16.0 Å². The van der Waals surface area contributed by atoms with Crippen molar-refractivity contribution in [2.75, 3.05) is 19.5 Å². The van der Waals surface area contributed by atoms with Gasteiger partial charge in [0.1, 0.15) is 22.3 Å². The third-order valence-corrected chi connectivity index (χ3v) is 7.43. The van der Waals surface area contributed by atoms with Crippen molar-refractivity contribution in [2.45, 2.75) is 13.1 Å². The molecule has 0 fully saturated rings. The van der Waals surface area contributed by atoms with Crippen molar-refractivity contribution in [1.82, 2.24) is 29.6 Å². The zero-order valence-corrected chi connectivity index (χ0v) is 22.3. The van der Waals surface area contributed by atoms with E-state index in [1.54, 1.807) is 13.1 Å². The van der Waals surface area contributed by atoms with Gasteiger partial charge in [0.2, 0.25) is 5.88 Å². The number of hydrogen-bond acceptors (Lipinski definition) is 9. The molecule has 0 aliphatic rings. The molecule has 0 aliphatic carbocycles. The van der Waals surface area contributed by atoms with Gasteiger partial charge in [0.05, 0.1) is 19.0 Å². The lowest BCUT2D eigenvalue weighted by Gasteiger charge is -2.13. The molecule has 0 saturated carbocycles. The fraction of sp³-hybridized carbons (Fsp3) is 0.154. The number of carbonyl (C=O) groups is 1. The van der Waals surface area contributed by atoms with Crippen LogP contribution < -0.4 is 26.6 Å². The predicted molar refractivity (Wildman–Crippen MR) is 147 cm³/mol. The van der Waals surface area contributed by atoms with E-state index in [0.717, 1.165) is 32.6 Å². The Kier molecular flexibility index (Phi) is 7.54. The Bertz CT molecular complexity index is 1870. The number of carboxylic acid groups (broad SMARTS) is 1. The van der Waals surface area contributed by atoms with Gasteiger partial charge in [0, 0.05) is 34.8 Å². The first-order chi connectivity index (χ1) is 19.7. The molecule has 1 aromatic carbocycles. The molecule has 0 saturated heterocycles. The summed E-state index contributed by atoms with van der Waals surface area (Å²) in [6.07, 6.45) is 0.135. The lowest BCUT2D eigenvalue weighted by atomic mass is 10.1.